The molecule has 0 aliphatic carbocycles. The third-order valence-corrected chi connectivity index (χ3v) is 4.80. The van der Waals surface area contributed by atoms with Crippen LogP contribution in [-0.2, 0) is 11.3 Å². The fourth-order valence-corrected chi connectivity index (χ4v) is 3.44. The summed E-state index contributed by atoms with van der Waals surface area (Å²) in [6, 6.07) is 4.02. The first kappa shape index (κ1) is 18.9. The molecule has 1 aromatic carbocycles. The average Bonchev–Trinajstić information content (AvgIpc) is 2.56. The number of hydrogen-bond acceptors (Lipinski definition) is 4. The third-order valence-electron chi connectivity index (χ3n) is 4.45. The van der Waals surface area contributed by atoms with Crippen molar-refractivity contribution in [2.75, 3.05) is 20.3 Å². The van der Waals surface area contributed by atoms with Crippen LogP contribution in [0, 0.1) is 0 Å². The lowest BCUT2D eigenvalue weighted by molar-refractivity contribution is -0.137. The van der Waals surface area contributed by atoms with E-state index in [1.54, 1.807) is 13.2 Å². The molecule has 5 nitrogen and oxygen atoms in total. The zero-order chi connectivity index (χ0) is 17.5. The summed E-state index contributed by atoms with van der Waals surface area (Å²) in [6.45, 7) is 4.16. The maximum atomic E-state index is 10.9. The highest BCUT2D eigenvalue weighted by atomic mass is 35.5. The van der Waals surface area contributed by atoms with Crippen LogP contribution in [0.4, 0.5) is 0 Å². The van der Waals surface area contributed by atoms with Crippen LogP contribution < -0.4 is 9.47 Å². The molecule has 1 unspecified atom stereocenters. The molecule has 24 heavy (non-hydrogen) atoms. The van der Waals surface area contributed by atoms with Crippen LogP contribution in [0.5, 0.6) is 11.5 Å². The molecule has 1 heterocycles. The summed E-state index contributed by atoms with van der Waals surface area (Å²) >= 11 is 6.42. The molecule has 1 fully saturated rings. The molecule has 0 radical (unpaired) electrons. The number of carboxylic acids is 1. The van der Waals surface area contributed by atoms with E-state index in [0.717, 1.165) is 31.4 Å². The lowest BCUT2D eigenvalue weighted by Crippen LogP contribution is -2.39. The minimum absolute atomic E-state index is 0.210. The van der Waals surface area contributed by atoms with Crippen molar-refractivity contribution in [3.05, 3.63) is 22.7 Å². The van der Waals surface area contributed by atoms with Gasteiger partial charge in [-0.25, -0.2) is 0 Å². The summed E-state index contributed by atoms with van der Waals surface area (Å²) in [7, 11) is 1.60. The van der Waals surface area contributed by atoms with E-state index in [0.29, 0.717) is 42.1 Å². The summed E-state index contributed by atoms with van der Waals surface area (Å²) in [5.41, 5.74) is 0.989. The number of piperidine rings is 1. The van der Waals surface area contributed by atoms with Crippen molar-refractivity contribution in [1.82, 2.24) is 4.90 Å². The zero-order valence-corrected chi connectivity index (χ0v) is 15.1. The van der Waals surface area contributed by atoms with Crippen LogP contribution in [0.25, 0.3) is 0 Å². The number of nitrogens with zero attached hydrogens (tertiary/aromatic N) is 1. The number of methoxy groups -OCH3 is 1. The van der Waals surface area contributed by atoms with Gasteiger partial charge in [-0.05, 0) is 44.4 Å². The number of carboxylic acid groups (broad SMARTS) is 1. The predicted octanol–water partition coefficient (Wildman–Crippen LogP) is 3.97. The van der Waals surface area contributed by atoms with E-state index in [-0.39, 0.29) is 6.42 Å². The van der Waals surface area contributed by atoms with Gasteiger partial charge in [-0.2, -0.15) is 0 Å². The summed E-state index contributed by atoms with van der Waals surface area (Å²) in [6.07, 6.45) is 4.22. The summed E-state index contributed by atoms with van der Waals surface area (Å²) in [5, 5.41) is 9.60. The van der Waals surface area contributed by atoms with Gasteiger partial charge >= 0.3 is 5.97 Å². The molecule has 1 aromatic rings. The minimum atomic E-state index is -0.735. The van der Waals surface area contributed by atoms with Crippen LogP contribution >= 0.6 is 11.6 Å². The molecule has 0 bridgehead atoms. The Kier molecular flexibility index (Phi) is 7.18. The molecule has 0 amide bonds. The zero-order valence-electron chi connectivity index (χ0n) is 14.4. The first-order chi connectivity index (χ1) is 11.5. The summed E-state index contributed by atoms with van der Waals surface area (Å²) in [5.74, 6) is 0.590. The topological polar surface area (TPSA) is 59.0 Å². The van der Waals surface area contributed by atoms with E-state index < -0.39 is 5.97 Å². The van der Waals surface area contributed by atoms with E-state index in [2.05, 4.69) is 4.90 Å². The highest BCUT2D eigenvalue weighted by molar-refractivity contribution is 6.31. The Morgan fingerprint density at radius 3 is 2.83 bits per heavy atom. The Labute approximate surface area is 148 Å². The summed E-state index contributed by atoms with van der Waals surface area (Å²) < 4.78 is 11.0. The number of benzene rings is 1. The Morgan fingerprint density at radius 2 is 2.17 bits per heavy atom. The van der Waals surface area contributed by atoms with Crippen molar-refractivity contribution in [3.63, 3.8) is 0 Å². The van der Waals surface area contributed by atoms with Crippen molar-refractivity contribution < 1.29 is 19.4 Å². The first-order valence-electron chi connectivity index (χ1n) is 8.50. The van der Waals surface area contributed by atoms with E-state index in [9.17, 15) is 4.79 Å². The standard InChI is InChI=1S/C18H26ClNO4/c1-3-24-17-10-13(15(19)11-16(17)23-2)12-20-9-5-4-6-14(20)7-8-18(21)22/h10-11,14H,3-9,12H2,1-2H3,(H,21,22). The second-order valence-corrected chi connectivity index (χ2v) is 6.49. The molecule has 134 valence electrons. The van der Waals surface area contributed by atoms with Gasteiger partial charge in [-0.15, -0.1) is 0 Å². The maximum Gasteiger partial charge on any atom is 0.303 e. The van der Waals surface area contributed by atoms with Crippen LogP contribution in [0.1, 0.15) is 44.6 Å². The van der Waals surface area contributed by atoms with Gasteiger partial charge < -0.3 is 14.6 Å². The normalized spacial score (nSPS) is 18.4. The quantitative estimate of drug-likeness (QED) is 0.764. The number of halogens is 1. The van der Waals surface area contributed by atoms with Gasteiger partial charge in [0.2, 0.25) is 0 Å². The van der Waals surface area contributed by atoms with Crippen LogP contribution in [0.2, 0.25) is 5.02 Å². The van der Waals surface area contributed by atoms with Crippen molar-refractivity contribution >= 4 is 17.6 Å². The monoisotopic (exact) mass is 355 g/mol. The largest absolute Gasteiger partial charge is 0.493 e. The number of likely N-dealkylation sites (tertiary alicyclic amines) is 1. The molecule has 0 aromatic heterocycles. The lowest BCUT2D eigenvalue weighted by atomic mass is 9.97. The predicted molar refractivity (Wildman–Crippen MR) is 94.1 cm³/mol. The molecule has 1 N–H and O–H groups in total. The van der Waals surface area contributed by atoms with Crippen molar-refractivity contribution in [2.45, 2.75) is 51.6 Å². The SMILES string of the molecule is CCOc1cc(CN2CCCCC2CCC(=O)O)c(Cl)cc1OC. The van der Waals surface area contributed by atoms with Gasteiger partial charge in [-0.1, -0.05) is 18.0 Å². The van der Waals surface area contributed by atoms with E-state index in [4.69, 9.17) is 26.2 Å². The molecule has 1 aliphatic rings. The van der Waals surface area contributed by atoms with Gasteiger partial charge in [0.25, 0.3) is 0 Å². The second kappa shape index (κ2) is 9.14. The van der Waals surface area contributed by atoms with Crippen LogP contribution in [0.15, 0.2) is 12.1 Å². The minimum Gasteiger partial charge on any atom is -0.493 e. The highest BCUT2D eigenvalue weighted by Gasteiger charge is 2.24. The van der Waals surface area contributed by atoms with Gasteiger partial charge in [0.05, 0.1) is 13.7 Å². The first-order valence-corrected chi connectivity index (χ1v) is 8.88. The smallest absolute Gasteiger partial charge is 0.303 e. The number of rotatable bonds is 8. The number of ether oxygens (including phenoxy) is 2. The third kappa shape index (κ3) is 5.02. The van der Waals surface area contributed by atoms with E-state index >= 15 is 0 Å². The number of carbonyl (C=O) groups is 1. The fraction of sp³-hybridized carbons (Fsp3) is 0.611. The van der Waals surface area contributed by atoms with Gasteiger partial charge in [0.15, 0.2) is 11.5 Å². The Morgan fingerprint density at radius 1 is 1.38 bits per heavy atom. The van der Waals surface area contributed by atoms with Crippen molar-refractivity contribution in [3.8, 4) is 11.5 Å². The summed E-state index contributed by atoms with van der Waals surface area (Å²) in [4.78, 5) is 13.2. The number of hydrogen-bond donors (Lipinski definition) is 1. The molecule has 1 aliphatic heterocycles. The van der Waals surface area contributed by atoms with Crippen LogP contribution in [0.3, 0.4) is 0 Å². The Balaban J connectivity index is 2.14. The van der Waals surface area contributed by atoms with Gasteiger partial charge in [0, 0.05) is 30.1 Å². The van der Waals surface area contributed by atoms with Gasteiger partial charge in [-0.3, -0.25) is 9.69 Å². The lowest BCUT2D eigenvalue weighted by Gasteiger charge is -2.36. The van der Waals surface area contributed by atoms with E-state index in [1.165, 1.54) is 0 Å². The molecule has 0 saturated carbocycles. The maximum absolute atomic E-state index is 10.9. The molecular weight excluding hydrogens is 330 g/mol. The molecule has 2 rings (SSSR count). The Hall–Kier alpha value is -1.46. The van der Waals surface area contributed by atoms with Crippen molar-refractivity contribution in [1.29, 1.82) is 0 Å². The van der Waals surface area contributed by atoms with Crippen LogP contribution in [-0.4, -0.2) is 42.3 Å². The van der Waals surface area contributed by atoms with Gasteiger partial charge in [0.1, 0.15) is 0 Å². The molecule has 6 heteroatoms. The average molecular weight is 356 g/mol. The Bertz CT molecular complexity index is 564. The molecule has 1 saturated heterocycles. The van der Waals surface area contributed by atoms with Crippen molar-refractivity contribution in [2.24, 2.45) is 0 Å². The fourth-order valence-electron chi connectivity index (χ4n) is 3.23. The molecular formula is C18H26ClNO4. The number of aliphatic carboxylic acids is 1. The molecule has 0 spiro atoms. The second-order valence-electron chi connectivity index (χ2n) is 6.08. The van der Waals surface area contributed by atoms with E-state index in [1.807, 2.05) is 13.0 Å². The highest BCUT2D eigenvalue weighted by Crippen LogP contribution is 2.35. The molecule has 1 atom stereocenters.